The number of hydrogen-bond acceptors (Lipinski definition) is 2. The fraction of sp³-hybridized carbons (Fsp3) is 0.316. The van der Waals surface area contributed by atoms with Crippen LogP contribution in [0.2, 0.25) is 0 Å². The summed E-state index contributed by atoms with van der Waals surface area (Å²) < 4.78 is 0. The fourth-order valence-electron chi connectivity index (χ4n) is 2.71. The summed E-state index contributed by atoms with van der Waals surface area (Å²) in [6.07, 6.45) is 1.85. The number of aryl methyl sites for hydroxylation is 1. The second-order valence-corrected chi connectivity index (χ2v) is 7.19. The average Bonchev–Trinajstić information content (AvgIpc) is 2.85. The van der Waals surface area contributed by atoms with Crippen LogP contribution in [0.25, 0.3) is 22.2 Å². The van der Waals surface area contributed by atoms with Gasteiger partial charge in [-0.25, -0.2) is 4.98 Å². The molecular formula is C19H22N2S. The Balaban J connectivity index is 2.05. The highest BCUT2D eigenvalue weighted by Gasteiger charge is 2.14. The van der Waals surface area contributed by atoms with Crippen molar-refractivity contribution in [1.82, 2.24) is 9.97 Å². The maximum atomic E-state index is 4.49. The molecule has 0 aliphatic heterocycles. The van der Waals surface area contributed by atoms with E-state index in [2.05, 4.69) is 61.1 Å². The lowest BCUT2D eigenvalue weighted by Crippen LogP contribution is -1.93. The number of benzene rings is 1. The van der Waals surface area contributed by atoms with Crippen molar-refractivity contribution in [3.63, 3.8) is 0 Å². The van der Waals surface area contributed by atoms with Gasteiger partial charge in [0.05, 0.1) is 0 Å². The van der Waals surface area contributed by atoms with Crippen LogP contribution < -0.4 is 0 Å². The topological polar surface area (TPSA) is 28.7 Å². The van der Waals surface area contributed by atoms with Crippen molar-refractivity contribution in [1.29, 1.82) is 0 Å². The first-order chi connectivity index (χ1) is 10.6. The maximum absolute atomic E-state index is 4.49. The summed E-state index contributed by atoms with van der Waals surface area (Å²) in [6, 6.07) is 12.9. The Bertz CT molecular complexity index is 774. The Morgan fingerprint density at radius 3 is 2.82 bits per heavy atom. The zero-order chi connectivity index (χ0) is 15.5. The number of thioether (sulfide) groups is 1. The van der Waals surface area contributed by atoms with Crippen molar-refractivity contribution < 1.29 is 0 Å². The molecule has 114 valence electrons. The molecule has 0 atom stereocenters. The molecule has 0 spiro atoms. The largest absolute Gasteiger partial charge is 0.342 e. The van der Waals surface area contributed by atoms with Gasteiger partial charge in [-0.3, -0.25) is 0 Å². The Morgan fingerprint density at radius 1 is 1.18 bits per heavy atom. The molecule has 0 radical (unpaired) electrons. The maximum Gasteiger partial charge on any atom is 0.138 e. The van der Waals surface area contributed by atoms with E-state index in [0.717, 1.165) is 17.3 Å². The van der Waals surface area contributed by atoms with Gasteiger partial charge in [-0.2, -0.15) is 11.8 Å². The van der Waals surface area contributed by atoms with Crippen LogP contribution >= 0.6 is 11.8 Å². The second kappa shape index (κ2) is 6.57. The van der Waals surface area contributed by atoms with E-state index < -0.39 is 0 Å². The van der Waals surface area contributed by atoms with Gasteiger partial charge in [0.1, 0.15) is 5.65 Å². The van der Waals surface area contributed by atoms with Gasteiger partial charge < -0.3 is 4.98 Å². The Morgan fingerprint density at radius 2 is 2.05 bits per heavy atom. The number of nitrogens with zero attached hydrogens (tertiary/aromatic N) is 1. The predicted molar refractivity (Wildman–Crippen MR) is 97.3 cm³/mol. The Kier molecular flexibility index (Phi) is 4.53. The summed E-state index contributed by atoms with van der Waals surface area (Å²) in [7, 11) is 0. The zero-order valence-electron chi connectivity index (χ0n) is 13.4. The van der Waals surface area contributed by atoms with E-state index in [1.165, 1.54) is 33.5 Å². The van der Waals surface area contributed by atoms with Gasteiger partial charge >= 0.3 is 0 Å². The monoisotopic (exact) mass is 310 g/mol. The summed E-state index contributed by atoms with van der Waals surface area (Å²) in [4.78, 5) is 8.01. The number of nitrogens with one attached hydrogen (secondary N) is 1. The minimum absolute atomic E-state index is 0.718. The Labute approximate surface area is 136 Å². The van der Waals surface area contributed by atoms with Gasteiger partial charge in [-0.05, 0) is 36.3 Å². The molecule has 22 heavy (non-hydrogen) atoms. The molecule has 0 amide bonds. The zero-order valence-corrected chi connectivity index (χ0v) is 14.2. The highest BCUT2D eigenvalue weighted by Crippen LogP contribution is 2.34. The van der Waals surface area contributed by atoms with Crippen LogP contribution in [-0.4, -0.2) is 15.7 Å². The molecule has 0 bridgehead atoms. The lowest BCUT2D eigenvalue weighted by atomic mass is 10.0. The molecule has 3 heteroatoms. The van der Waals surface area contributed by atoms with Gasteiger partial charge in [-0.1, -0.05) is 43.7 Å². The molecule has 1 aromatic carbocycles. The number of rotatable bonds is 5. The number of aromatic amines is 1. The molecule has 2 heterocycles. The van der Waals surface area contributed by atoms with Crippen molar-refractivity contribution in [2.45, 2.75) is 26.5 Å². The van der Waals surface area contributed by atoms with Crippen molar-refractivity contribution in [2.75, 3.05) is 5.75 Å². The number of fused-ring (bicyclic) bond motifs is 1. The average molecular weight is 310 g/mol. The molecular weight excluding hydrogens is 288 g/mol. The standard InChI is InChI=1S/C19H22N2S/c1-13(2)11-22-12-17-18(15-7-4-6-14(3)10-15)16-8-5-9-20-19(16)21-17/h4-10,13H,11-12H2,1-3H3,(H,20,21). The number of pyridine rings is 1. The molecule has 0 aliphatic rings. The molecule has 0 saturated carbocycles. The second-order valence-electron chi connectivity index (χ2n) is 6.16. The number of hydrogen-bond donors (Lipinski definition) is 1. The van der Waals surface area contributed by atoms with Crippen molar-refractivity contribution in [3.8, 4) is 11.1 Å². The third-order valence-corrected chi connectivity index (χ3v) is 5.05. The number of H-pyrrole nitrogens is 1. The first-order valence-corrected chi connectivity index (χ1v) is 8.91. The van der Waals surface area contributed by atoms with Gasteiger partial charge in [0, 0.05) is 28.6 Å². The van der Waals surface area contributed by atoms with Gasteiger partial charge in [0.2, 0.25) is 0 Å². The van der Waals surface area contributed by atoms with Crippen molar-refractivity contribution in [2.24, 2.45) is 5.92 Å². The number of aromatic nitrogens is 2. The molecule has 1 N–H and O–H groups in total. The van der Waals surface area contributed by atoms with Gasteiger partial charge in [0.25, 0.3) is 0 Å². The van der Waals surface area contributed by atoms with Crippen LogP contribution in [0.3, 0.4) is 0 Å². The van der Waals surface area contributed by atoms with E-state index >= 15 is 0 Å². The van der Waals surface area contributed by atoms with Crippen LogP contribution in [0.15, 0.2) is 42.6 Å². The summed E-state index contributed by atoms with van der Waals surface area (Å²) in [5, 5.41) is 1.22. The quantitative estimate of drug-likeness (QED) is 0.681. The summed E-state index contributed by atoms with van der Waals surface area (Å²) in [6.45, 7) is 6.67. The first kappa shape index (κ1) is 15.2. The molecule has 2 aromatic heterocycles. The van der Waals surface area contributed by atoms with E-state index in [1.807, 2.05) is 24.0 Å². The minimum Gasteiger partial charge on any atom is -0.342 e. The summed E-state index contributed by atoms with van der Waals surface area (Å²) in [5.41, 5.74) is 6.14. The SMILES string of the molecule is Cc1cccc(-c2c(CSCC(C)C)[nH]c3ncccc23)c1. The molecule has 3 aromatic rings. The van der Waals surface area contributed by atoms with Gasteiger partial charge in [-0.15, -0.1) is 0 Å². The predicted octanol–water partition coefficient (Wildman–Crippen LogP) is 5.43. The van der Waals surface area contributed by atoms with E-state index in [4.69, 9.17) is 0 Å². The van der Waals surface area contributed by atoms with Crippen LogP contribution in [0, 0.1) is 12.8 Å². The van der Waals surface area contributed by atoms with E-state index in [1.54, 1.807) is 0 Å². The van der Waals surface area contributed by atoms with E-state index in [0.29, 0.717) is 0 Å². The van der Waals surface area contributed by atoms with Crippen molar-refractivity contribution >= 4 is 22.8 Å². The smallest absolute Gasteiger partial charge is 0.138 e. The third kappa shape index (κ3) is 3.20. The highest BCUT2D eigenvalue weighted by molar-refractivity contribution is 7.98. The Hall–Kier alpha value is -1.74. The lowest BCUT2D eigenvalue weighted by Gasteiger charge is -2.07. The molecule has 0 fully saturated rings. The van der Waals surface area contributed by atoms with Crippen LogP contribution in [0.5, 0.6) is 0 Å². The highest BCUT2D eigenvalue weighted by atomic mass is 32.2. The summed E-state index contributed by atoms with van der Waals surface area (Å²) in [5.74, 6) is 2.89. The third-order valence-electron chi connectivity index (χ3n) is 3.65. The van der Waals surface area contributed by atoms with Crippen LogP contribution in [-0.2, 0) is 5.75 Å². The van der Waals surface area contributed by atoms with E-state index in [-0.39, 0.29) is 0 Å². The van der Waals surface area contributed by atoms with Crippen molar-refractivity contribution in [3.05, 3.63) is 53.9 Å². The molecule has 0 saturated heterocycles. The summed E-state index contributed by atoms with van der Waals surface area (Å²) >= 11 is 1.98. The van der Waals surface area contributed by atoms with Gasteiger partial charge in [0.15, 0.2) is 0 Å². The molecule has 2 nitrogen and oxygen atoms in total. The van der Waals surface area contributed by atoms with Crippen LogP contribution in [0.1, 0.15) is 25.1 Å². The van der Waals surface area contributed by atoms with E-state index in [9.17, 15) is 0 Å². The minimum atomic E-state index is 0.718. The normalized spacial score (nSPS) is 11.5. The molecule has 0 aliphatic carbocycles. The molecule has 3 rings (SSSR count). The fourth-order valence-corrected chi connectivity index (χ4v) is 3.72. The lowest BCUT2D eigenvalue weighted by molar-refractivity contribution is 0.750. The van der Waals surface area contributed by atoms with Crippen LogP contribution in [0.4, 0.5) is 0 Å². The first-order valence-electron chi connectivity index (χ1n) is 7.75. The molecule has 0 unspecified atom stereocenters.